The van der Waals surface area contributed by atoms with Crippen LogP contribution in [0.1, 0.15) is 47.0 Å². The molecular weight excluding hydrogens is 456 g/mol. The number of benzene rings is 3. The minimum atomic E-state index is 0.0117. The summed E-state index contributed by atoms with van der Waals surface area (Å²) in [6.07, 6.45) is 9.21. The molecule has 0 saturated carbocycles. The smallest absolute Gasteiger partial charge is 0.178 e. The highest BCUT2D eigenvalue weighted by Crippen LogP contribution is 2.32. The van der Waals surface area contributed by atoms with E-state index in [0.717, 1.165) is 57.1 Å². The number of piperazine rings is 1. The van der Waals surface area contributed by atoms with Gasteiger partial charge in [0.1, 0.15) is 0 Å². The van der Waals surface area contributed by atoms with Crippen LogP contribution in [0.4, 0.5) is 0 Å². The third-order valence-corrected chi connectivity index (χ3v) is 7.70. The Kier molecular flexibility index (Phi) is 7.19. The largest absolute Gasteiger partial charge is 0.297 e. The van der Waals surface area contributed by atoms with Crippen molar-refractivity contribution in [3.05, 3.63) is 113 Å². The maximum absolute atomic E-state index is 4.63. The van der Waals surface area contributed by atoms with Gasteiger partial charge in [-0.05, 0) is 64.4 Å². The van der Waals surface area contributed by atoms with E-state index in [0.29, 0.717) is 0 Å². The first-order chi connectivity index (χ1) is 18.4. The van der Waals surface area contributed by atoms with Crippen LogP contribution in [0.15, 0.2) is 84.9 Å². The minimum absolute atomic E-state index is 0.0117. The molecule has 4 aromatic rings. The molecule has 3 aromatic carbocycles. The van der Waals surface area contributed by atoms with E-state index < -0.39 is 0 Å². The molecule has 1 unspecified atom stereocenters. The van der Waals surface area contributed by atoms with Crippen molar-refractivity contribution in [2.45, 2.75) is 31.7 Å². The van der Waals surface area contributed by atoms with Gasteiger partial charge in [-0.1, -0.05) is 84.9 Å². The van der Waals surface area contributed by atoms with E-state index in [1.807, 2.05) is 4.68 Å². The topological polar surface area (TPSA) is 50.1 Å². The van der Waals surface area contributed by atoms with Crippen LogP contribution >= 0.6 is 0 Å². The zero-order valence-electron chi connectivity index (χ0n) is 21.3. The average molecular weight is 491 g/mol. The molecule has 6 nitrogen and oxygen atoms in total. The molecule has 0 radical (unpaired) electrons. The number of fused-ring (bicyclic) bond motifs is 1. The third-order valence-electron chi connectivity index (χ3n) is 7.70. The molecule has 1 atom stereocenters. The van der Waals surface area contributed by atoms with Crippen molar-refractivity contribution >= 4 is 6.08 Å². The molecule has 0 spiro atoms. The maximum atomic E-state index is 4.63. The molecule has 1 saturated heterocycles. The van der Waals surface area contributed by atoms with Crippen LogP contribution in [0, 0.1) is 0 Å². The van der Waals surface area contributed by atoms with Crippen molar-refractivity contribution in [3.63, 3.8) is 0 Å². The Morgan fingerprint density at radius 2 is 1.54 bits per heavy atom. The van der Waals surface area contributed by atoms with Crippen molar-refractivity contribution in [2.24, 2.45) is 0 Å². The lowest BCUT2D eigenvalue weighted by Gasteiger charge is -2.38. The fourth-order valence-electron chi connectivity index (χ4n) is 5.76. The van der Waals surface area contributed by atoms with Gasteiger partial charge >= 0.3 is 0 Å². The zero-order chi connectivity index (χ0) is 24.9. The summed E-state index contributed by atoms with van der Waals surface area (Å²) in [7, 11) is 0. The summed E-state index contributed by atoms with van der Waals surface area (Å²) in [5.41, 5.74) is 6.48. The molecule has 2 aliphatic rings. The number of rotatable bonds is 7. The molecule has 0 N–H and O–H groups in total. The van der Waals surface area contributed by atoms with Gasteiger partial charge in [0.25, 0.3) is 0 Å². The number of tetrazole rings is 1. The molecule has 37 heavy (non-hydrogen) atoms. The molecule has 6 heteroatoms. The third kappa shape index (κ3) is 5.26. The van der Waals surface area contributed by atoms with Crippen molar-refractivity contribution in [3.8, 4) is 5.69 Å². The molecule has 0 bridgehead atoms. The molecular formula is C31H34N6. The van der Waals surface area contributed by atoms with Gasteiger partial charge in [0.15, 0.2) is 5.82 Å². The summed E-state index contributed by atoms with van der Waals surface area (Å²) in [5.74, 6) is 0.905. The van der Waals surface area contributed by atoms with Crippen molar-refractivity contribution in [1.29, 1.82) is 0 Å². The Morgan fingerprint density at radius 1 is 0.784 bits per heavy atom. The normalized spacial score (nSPS) is 17.6. The first-order valence-corrected chi connectivity index (χ1v) is 13.5. The van der Waals surface area contributed by atoms with E-state index in [4.69, 9.17) is 0 Å². The summed E-state index contributed by atoms with van der Waals surface area (Å²) in [6, 6.07) is 27.9. The van der Waals surface area contributed by atoms with Crippen LogP contribution in [0.3, 0.4) is 0 Å². The molecule has 6 rings (SSSR count). The number of aromatic nitrogens is 4. The summed E-state index contributed by atoms with van der Waals surface area (Å²) in [6.45, 7) is 4.94. The number of nitrogens with zero attached hydrogens (tertiary/aromatic N) is 6. The number of hydrogen-bond donors (Lipinski definition) is 0. The van der Waals surface area contributed by atoms with E-state index in [1.165, 1.54) is 35.1 Å². The quantitative estimate of drug-likeness (QED) is 0.366. The van der Waals surface area contributed by atoms with Crippen LogP contribution in [0.2, 0.25) is 0 Å². The van der Waals surface area contributed by atoms with Gasteiger partial charge in [-0.2, -0.15) is 4.68 Å². The van der Waals surface area contributed by atoms with Gasteiger partial charge < -0.3 is 0 Å². The summed E-state index contributed by atoms with van der Waals surface area (Å²) < 4.78 is 2.01. The lowest BCUT2D eigenvalue weighted by molar-refractivity contribution is 0.113. The molecule has 1 aliphatic heterocycles. The highest BCUT2D eigenvalue weighted by molar-refractivity contribution is 5.49. The number of aryl methyl sites for hydroxylation is 1. The first kappa shape index (κ1) is 23.8. The predicted octanol–water partition coefficient (Wildman–Crippen LogP) is 4.96. The van der Waals surface area contributed by atoms with E-state index >= 15 is 0 Å². The van der Waals surface area contributed by atoms with E-state index in [2.05, 4.69) is 116 Å². The van der Waals surface area contributed by atoms with Gasteiger partial charge in [-0.25, -0.2) is 0 Å². The highest BCUT2D eigenvalue weighted by Gasteiger charge is 2.31. The second-order valence-corrected chi connectivity index (χ2v) is 10.0. The van der Waals surface area contributed by atoms with Gasteiger partial charge in [0.2, 0.25) is 0 Å². The Hall–Kier alpha value is -3.61. The van der Waals surface area contributed by atoms with Gasteiger partial charge in [0, 0.05) is 32.7 Å². The van der Waals surface area contributed by atoms with Crippen LogP contribution < -0.4 is 0 Å². The molecule has 1 aromatic heterocycles. The Morgan fingerprint density at radius 3 is 2.35 bits per heavy atom. The molecule has 2 heterocycles. The van der Waals surface area contributed by atoms with Crippen LogP contribution in [0.5, 0.6) is 0 Å². The minimum Gasteiger partial charge on any atom is -0.297 e. The molecule has 0 amide bonds. The number of hydrogen-bond acceptors (Lipinski definition) is 5. The SMILES string of the molecule is C(=C\c1ccccc1)/CN1CCN(C(c2ccccc2)c2nnnn2-c2cccc3c2CCCC3)CC1. The molecule has 1 fully saturated rings. The Labute approximate surface area is 219 Å². The summed E-state index contributed by atoms with van der Waals surface area (Å²) in [5, 5.41) is 13.4. The van der Waals surface area contributed by atoms with E-state index in [1.54, 1.807) is 0 Å². The molecule has 1 aliphatic carbocycles. The highest BCUT2D eigenvalue weighted by atomic mass is 15.6. The van der Waals surface area contributed by atoms with E-state index in [-0.39, 0.29) is 6.04 Å². The Balaban J connectivity index is 1.24. The van der Waals surface area contributed by atoms with Crippen molar-refractivity contribution in [2.75, 3.05) is 32.7 Å². The maximum Gasteiger partial charge on any atom is 0.178 e. The lowest BCUT2D eigenvalue weighted by atomic mass is 9.90. The summed E-state index contributed by atoms with van der Waals surface area (Å²) >= 11 is 0. The van der Waals surface area contributed by atoms with Crippen LogP contribution in [-0.4, -0.2) is 62.7 Å². The van der Waals surface area contributed by atoms with E-state index in [9.17, 15) is 0 Å². The summed E-state index contributed by atoms with van der Waals surface area (Å²) in [4.78, 5) is 5.07. The average Bonchev–Trinajstić information content (AvgIpc) is 3.44. The fourth-order valence-corrected chi connectivity index (χ4v) is 5.76. The fraction of sp³-hybridized carbons (Fsp3) is 0.323. The first-order valence-electron chi connectivity index (χ1n) is 13.5. The Bertz CT molecular complexity index is 1320. The lowest BCUT2D eigenvalue weighted by Crippen LogP contribution is -2.48. The molecule has 188 valence electrons. The van der Waals surface area contributed by atoms with Gasteiger partial charge in [-0.15, -0.1) is 5.10 Å². The standard InChI is InChI=1S/C31H34N6/c1-3-11-25(12-4-1)13-10-20-35-21-23-36(24-22-35)30(27-15-5-2-6-16-27)31-32-33-34-37(31)29-19-9-17-26-14-7-8-18-28(26)29/h1-6,9-13,15-17,19,30H,7-8,14,18,20-24H2/b13-10+. The second-order valence-electron chi connectivity index (χ2n) is 10.0. The van der Waals surface area contributed by atoms with Crippen molar-refractivity contribution < 1.29 is 0 Å². The van der Waals surface area contributed by atoms with Crippen LogP contribution in [0.25, 0.3) is 11.8 Å². The monoisotopic (exact) mass is 490 g/mol. The van der Waals surface area contributed by atoms with Crippen molar-refractivity contribution in [1.82, 2.24) is 30.0 Å². The second kappa shape index (κ2) is 11.2. The van der Waals surface area contributed by atoms with Gasteiger partial charge in [-0.3, -0.25) is 9.80 Å². The zero-order valence-corrected chi connectivity index (χ0v) is 21.3. The van der Waals surface area contributed by atoms with Gasteiger partial charge in [0.05, 0.1) is 11.7 Å². The van der Waals surface area contributed by atoms with Crippen LogP contribution in [-0.2, 0) is 12.8 Å². The predicted molar refractivity (Wildman–Crippen MR) is 148 cm³/mol.